The Morgan fingerprint density at radius 1 is 1.18 bits per heavy atom. The van der Waals surface area contributed by atoms with Crippen LogP contribution >= 0.6 is 0 Å². The number of nitrogens with one attached hydrogen (secondary N) is 1. The van der Waals surface area contributed by atoms with E-state index >= 15 is 0 Å². The van der Waals surface area contributed by atoms with Crippen molar-refractivity contribution in [3.63, 3.8) is 0 Å². The van der Waals surface area contributed by atoms with Gasteiger partial charge in [-0.3, -0.25) is 9.59 Å². The molecule has 1 saturated heterocycles. The quantitative estimate of drug-likeness (QED) is 0.517. The SMILES string of the molecule is NC(=O)c1nc(-c2c(F)cccc2F)oc1Nc1ccc(C(=O)N2CCOCC2CO)cc1. The van der Waals surface area contributed by atoms with Crippen LogP contribution in [-0.2, 0) is 4.74 Å². The third-order valence-electron chi connectivity index (χ3n) is 5.13. The Hall–Kier alpha value is -3.83. The summed E-state index contributed by atoms with van der Waals surface area (Å²) < 4.78 is 38.9. The molecule has 9 nitrogen and oxygen atoms in total. The van der Waals surface area contributed by atoms with Gasteiger partial charge in [0.15, 0.2) is 5.69 Å². The van der Waals surface area contributed by atoms with Crippen LogP contribution in [0.3, 0.4) is 0 Å². The van der Waals surface area contributed by atoms with E-state index in [1.165, 1.54) is 6.07 Å². The number of aliphatic hydroxyl groups is 1. The highest BCUT2D eigenvalue weighted by Crippen LogP contribution is 2.31. The highest BCUT2D eigenvalue weighted by atomic mass is 19.1. The topological polar surface area (TPSA) is 131 Å². The minimum Gasteiger partial charge on any atom is -0.419 e. The molecule has 0 bridgehead atoms. The number of nitrogens with zero attached hydrogens (tertiary/aromatic N) is 2. The first-order chi connectivity index (χ1) is 15.9. The van der Waals surface area contributed by atoms with Gasteiger partial charge in [0.1, 0.15) is 17.2 Å². The van der Waals surface area contributed by atoms with E-state index in [1.54, 1.807) is 29.2 Å². The number of rotatable bonds is 6. The zero-order chi connectivity index (χ0) is 23.5. The van der Waals surface area contributed by atoms with Crippen LogP contribution in [0, 0.1) is 11.6 Å². The van der Waals surface area contributed by atoms with E-state index in [9.17, 15) is 23.5 Å². The highest BCUT2D eigenvalue weighted by Gasteiger charge is 2.28. The molecule has 1 aliphatic heterocycles. The first-order valence-corrected chi connectivity index (χ1v) is 10.0. The molecule has 172 valence electrons. The van der Waals surface area contributed by atoms with E-state index in [2.05, 4.69) is 10.3 Å². The van der Waals surface area contributed by atoms with Gasteiger partial charge in [0, 0.05) is 17.8 Å². The van der Waals surface area contributed by atoms with Gasteiger partial charge in [-0.2, -0.15) is 0 Å². The van der Waals surface area contributed by atoms with Crippen LogP contribution in [0.1, 0.15) is 20.8 Å². The Kier molecular flexibility index (Phi) is 6.33. The number of aliphatic hydroxyl groups excluding tert-OH is 1. The number of benzene rings is 2. The summed E-state index contributed by atoms with van der Waals surface area (Å²) in [4.78, 5) is 30.0. The van der Waals surface area contributed by atoms with Crippen molar-refractivity contribution in [2.75, 3.05) is 31.7 Å². The molecule has 2 aromatic carbocycles. The number of amides is 2. The minimum absolute atomic E-state index is 0.201. The van der Waals surface area contributed by atoms with Crippen LogP contribution < -0.4 is 11.1 Å². The molecule has 11 heteroatoms. The second kappa shape index (κ2) is 9.35. The van der Waals surface area contributed by atoms with E-state index in [0.717, 1.165) is 12.1 Å². The molecule has 4 N–H and O–H groups in total. The van der Waals surface area contributed by atoms with Crippen molar-refractivity contribution >= 4 is 23.4 Å². The van der Waals surface area contributed by atoms with Crippen LogP contribution in [0.2, 0.25) is 0 Å². The van der Waals surface area contributed by atoms with Gasteiger partial charge >= 0.3 is 0 Å². The molecule has 1 atom stereocenters. The summed E-state index contributed by atoms with van der Waals surface area (Å²) in [5, 5.41) is 12.3. The Labute approximate surface area is 186 Å². The van der Waals surface area contributed by atoms with Gasteiger partial charge in [-0.25, -0.2) is 13.8 Å². The lowest BCUT2D eigenvalue weighted by Gasteiger charge is -2.34. The molecule has 3 aromatic rings. The fourth-order valence-electron chi connectivity index (χ4n) is 3.45. The molecule has 1 aliphatic rings. The third kappa shape index (κ3) is 4.54. The molecule has 4 rings (SSSR count). The molecule has 2 amide bonds. The molecule has 0 aliphatic carbocycles. The molecule has 0 saturated carbocycles. The molecule has 0 spiro atoms. The molecular formula is C22H20F2N4O5. The summed E-state index contributed by atoms with van der Waals surface area (Å²) in [6.07, 6.45) is 0. The summed E-state index contributed by atoms with van der Waals surface area (Å²) in [5.74, 6) is -3.70. The lowest BCUT2D eigenvalue weighted by Crippen LogP contribution is -2.50. The predicted molar refractivity (Wildman–Crippen MR) is 113 cm³/mol. The number of carbonyl (C=O) groups excluding carboxylic acids is 2. The normalized spacial score (nSPS) is 16.0. The van der Waals surface area contributed by atoms with Gasteiger partial charge < -0.3 is 30.2 Å². The molecule has 1 fully saturated rings. The van der Waals surface area contributed by atoms with E-state index < -0.39 is 35.0 Å². The van der Waals surface area contributed by atoms with Crippen LogP contribution in [0.25, 0.3) is 11.5 Å². The number of primary amides is 1. The standard InChI is InChI=1S/C22H20F2N4O5/c23-15-2-1-3-16(24)17(15)20-27-18(19(25)30)21(33-20)26-13-6-4-12(5-7-13)22(31)28-8-9-32-11-14(28)10-29/h1-7,14,26,29H,8-11H2,(H2,25,30). The number of oxazole rings is 1. The average molecular weight is 458 g/mol. The lowest BCUT2D eigenvalue weighted by molar-refractivity contribution is -0.0183. The van der Waals surface area contributed by atoms with Crippen molar-refractivity contribution in [3.8, 4) is 11.5 Å². The molecule has 1 unspecified atom stereocenters. The summed E-state index contributed by atoms with van der Waals surface area (Å²) in [6.45, 7) is 0.791. The van der Waals surface area contributed by atoms with Gasteiger partial charge in [0.05, 0.1) is 25.9 Å². The smallest absolute Gasteiger partial charge is 0.273 e. The largest absolute Gasteiger partial charge is 0.419 e. The Morgan fingerprint density at radius 2 is 1.88 bits per heavy atom. The summed E-state index contributed by atoms with van der Waals surface area (Å²) in [5.41, 5.74) is 5.25. The number of halogens is 2. The zero-order valence-corrected chi connectivity index (χ0v) is 17.3. The van der Waals surface area contributed by atoms with Gasteiger partial charge in [0.25, 0.3) is 11.8 Å². The molecule has 33 heavy (non-hydrogen) atoms. The van der Waals surface area contributed by atoms with Crippen LogP contribution in [0.4, 0.5) is 20.4 Å². The third-order valence-corrected chi connectivity index (χ3v) is 5.13. The second-order valence-corrected chi connectivity index (χ2v) is 7.27. The number of anilines is 2. The summed E-state index contributed by atoms with van der Waals surface area (Å²) in [7, 11) is 0. The average Bonchev–Trinajstić information content (AvgIpc) is 3.22. The second-order valence-electron chi connectivity index (χ2n) is 7.27. The Morgan fingerprint density at radius 3 is 2.52 bits per heavy atom. The van der Waals surface area contributed by atoms with E-state index in [0.29, 0.717) is 24.4 Å². The van der Waals surface area contributed by atoms with Crippen molar-refractivity contribution < 1.29 is 32.6 Å². The fraction of sp³-hybridized carbons (Fsp3) is 0.227. The molecular weight excluding hydrogens is 438 g/mol. The van der Waals surface area contributed by atoms with Gasteiger partial charge in [-0.1, -0.05) is 6.07 Å². The van der Waals surface area contributed by atoms with Crippen molar-refractivity contribution in [1.82, 2.24) is 9.88 Å². The van der Waals surface area contributed by atoms with Crippen molar-refractivity contribution in [1.29, 1.82) is 0 Å². The monoisotopic (exact) mass is 458 g/mol. The van der Waals surface area contributed by atoms with Crippen molar-refractivity contribution in [3.05, 3.63) is 65.4 Å². The van der Waals surface area contributed by atoms with E-state index in [4.69, 9.17) is 14.9 Å². The van der Waals surface area contributed by atoms with Crippen LogP contribution in [0.5, 0.6) is 0 Å². The Balaban J connectivity index is 1.57. The van der Waals surface area contributed by atoms with Gasteiger partial charge in [0.2, 0.25) is 11.8 Å². The zero-order valence-electron chi connectivity index (χ0n) is 17.3. The minimum atomic E-state index is -0.960. The fourth-order valence-corrected chi connectivity index (χ4v) is 3.45. The maximum atomic E-state index is 14.1. The molecule has 1 aromatic heterocycles. The number of hydrogen-bond acceptors (Lipinski definition) is 7. The number of morpholine rings is 1. The van der Waals surface area contributed by atoms with E-state index in [-0.39, 0.29) is 30.7 Å². The lowest BCUT2D eigenvalue weighted by atomic mass is 10.1. The number of hydrogen-bond donors (Lipinski definition) is 3. The van der Waals surface area contributed by atoms with Gasteiger partial charge in [-0.15, -0.1) is 0 Å². The number of nitrogens with two attached hydrogens (primary N) is 1. The summed E-state index contributed by atoms with van der Waals surface area (Å²) >= 11 is 0. The Bertz CT molecular complexity index is 1160. The van der Waals surface area contributed by atoms with Crippen LogP contribution in [0.15, 0.2) is 46.9 Å². The predicted octanol–water partition coefficient (Wildman–Crippen LogP) is 2.30. The number of ether oxygens (including phenoxy) is 1. The highest BCUT2D eigenvalue weighted by molar-refractivity contribution is 5.97. The summed E-state index contributed by atoms with van der Waals surface area (Å²) in [6, 6.07) is 9.04. The van der Waals surface area contributed by atoms with Crippen molar-refractivity contribution in [2.45, 2.75) is 6.04 Å². The molecule has 0 radical (unpaired) electrons. The number of aromatic nitrogens is 1. The van der Waals surface area contributed by atoms with Crippen molar-refractivity contribution in [2.24, 2.45) is 5.73 Å². The maximum Gasteiger partial charge on any atom is 0.273 e. The first kappa shape index (κ1) is 22.4. The number of carbonyl (C=O) groups is 2. The maximum absolute atomic E-state index is 14.1. The van der Waals surface area contributed by atoms with Gasteiger partial charge in [-0.05, 0) is 36.4 Å². The molecule has 2 heterocycles. The first-order valence-electron chi connectivity index (χ1n) is 10.0. The van der Waals surface area contributed by atoms with Crippen LogP contribution in [-0.4, -0.2) is 59.2 Å². The van der Waals surface area contributed by atoms with E-state index in [1.807, 2.05) is 0 Å².